The molecule has 1 aromatic rings. The van der Waals surface area contributed by atoms with Crippen LogP contribution in [0.1, 0.15) is 30.1 Å². The number of hydrogen-bond acceptors (Lipinski definition) is 6. The second kappa shape index (κ2) is 6.54. The van der Waals surface area contributed by atoms with E-state index in [2.05, 4.69) is 10.3 Å². The highest BCUT2D eigenvalue weighted by atomic mass is 16.5. The molecule has 0 aromatic carbocycles. The molecule has 6 rings (SSSR count). The smallest absolute Gasteiger partial charge is 0.256 e. The van der Waals surface area contributed by atoms with E-state index in [1.54, 1.807) is 23.2 Å². The van der Waals surface area contributed by atoms with Gasteiger partial charge in [-0.15, -0.1) is 0 Å². The molecule has 0 saturated carbocycles. The zero-order valence-corrected chi connectivity index (χ0v) is 18.3. The fraction of sp³-hybridized carbons (Fsp3) is 0.565. The van der Waals surface area contributed by atoms with Crippen molar-refractivity contribution in [1.82, 2.24) is 20.1 Å². The van der Waals surface area contributed by atoms with Crippen LogP contribution < -0.4 is 10.2 Å². The number of nitrogens with zero attached hydrogens (tertiary/aromatic N) is 4. The number of carbonyl (C=O) groups excluding carboxylic acids is 3. The highest BCUT2D eigenvalue weighted by Gasteiger charge is 2.67. The van der Waals surface area contributed by atoms with Gasteiger partial charge < -0.3 is 24.8 Å². The number of pyridine rings is 1. The normalized spacial score (nSPS) is 34.2. The van der Waals surface area contributed by atoms with Gasteiger partial charge in [0, 0.05) is 45.7 Å². The minimum atomic E-state index is -0.651. The molecule has 0 radical (unpaired) electrons. The lowest BCUT2D eigenvalue weighted by Crippen LogP contribution is -2.67. The van der Waals surface area contributed by atoms with E-state index in [9.17, 15) is 14.4 Å². The van der Waals surface area contributed by atoms with Crippen molar-refractivity contribution in [3.05, 3.63) is 36.0 Å². The van der Waals surface area contributed by atoms with Crippen LogP contribution in [0.3, 0.4) is 0 Å². The van der Waals surface area contributed by atoms with Crippen LogP contribution in [0.5, 0.6) is 0 Å². The fourth-order valence-electron chi connectivity index (χ4n) is 6.30. The number of piperidine rings is 1. The number of likely N-dealkylation sites (tertiary alicyclic amines) is 2. The predicted molar refractivity (Wildman–Crippen MR) is 115 cm³/mol. The molecule has 0 aliphatic carbocycles. The van der Waals surface area contributed by atoms with Gasteiger partial charge in [0.15, 0.2) is 0 Å². The minimum Gasteiger partial charge on any atom is -0.360 e. The lowest BCUT2D eigenvalue weighted by Gasteiger charge is -2.51. The Morgan fingerprint density at radius 1 is 1.31 bits per heavy atom. The zero-order chi connectivity index (χ0) is 22.3. The maximum Gasteiger partial charge on any atom is 0.256 e. The Kier molecular flexibility index (Phi) is 4.03. The Morgan fingerprint density at radius 3 is 2.84 bits per heavy atom. The molecule has 2 bridgehead atoms. The molecule has 168 valence electrons. The summed E-state index contributed by atoms with van der Waals surface area (Å²) in [5, 5.41) is 3.16. The first-order valence-electron chi connectivity index (χ1n) is 11.4. The number of anilines is 1. The third-order valence-corrected chi connectivity index (χ3v) is 8.09. The average molecular weight is 438 g/mol. The van der Waals surface area contributed by atoms with Crippen LogP contribution in [0.25, 0.3) is 0 Å². The van der Waals surface area contributed by atoms with Crippen molar-refractivity contribution < 1.29 is 19.1 Å². The van der Waals surface area contributed by atoms with Gasteiger partial charge in [-0.2, -0.15) is 0 Å². The lowest BCUT2D eigenvalue weighted by atomic mass is 9.76. The first-order valence-corrected chi connectivity index (χ1v) is 11.4. The van der Waals surface area contributed by atoms with Crippen LogP contribution in [0.2, 0.25) is 0 Å². The molecule has 5 aliphatic heterocycles. The number of amides is 3. The van der Waals surface area contributed by atoms with Crippen molar-refractivity contribution in [2.24, 2.45) is 11.8 Å². The minimum absolute atomic E-state index is 0.0179. The molecule has 9 heteroatoms. The van der Waals surface area contributed by atoms with Gasteiger partial charge in [0.05, 0.1) is 30.0 Å². The van der Waals surface area contributed by atoms with Crippen molar-refractivity contribution >= 4 is 23.5 Å². The standard InChI is InChI=1S/C23H27N5O4/c1-3-27-13-22-7-6-15(32-22)16(17(22)21(27)31)20(30)28-11-8-23(9-12-28)25-19(29)14-5-4-10-24-18(14)26(23)2/h4-7,10,15-17H,3,8-9,11-13H2,1-2H3,(H,25,29)/t15-,16-,17+,22+/m0/s1. The largest absolute Gasteiger partial charge is 0.360 e. The first kappa shape index (κ1) is 19.7. The van der Waals surface area contributed by atoms with Crippen molar-refractivity contribution in [3.63, 3.8) is 0 Å². The van der Waals surface area contributed by atoms with E-state index in [1.165, 1.54) is 0 Å². The van der Waals surface area contributed by atoms with E-state index >= 15 is 0 Å². The van der Waals surface area contributed by atoms with E-state index in [0.717, 1.165) is 0 Å². The molecule has 4 atom stereocenters. The van der Waals surface area contributed by atoms with E-state index in [4.69, 9.17) is 4.74 Å². The molecule has 32 heavy (non-hydrogen) atoms. The predicted octanol–water partition coefficient (Wildman–Crippen LogP) is 0.382. The van der Waals surface area contributed by atoms with Gasteiger partial charge >= 0.3 is 0 Å². The number of fused-ring (bicyclic) bond motifs is 2. The number of nitrogens with one attached hydrogen (secondary N) is 1. The summed E-state index contributed by atoms with van der Waals surface area (Å²) in [5.41, 5.74) is -0.651. The van der Waals surface area contributed by atoms with Crippen LogP contribution in [-0.4, -0.2) is 83.1 Å². The molecule has 3 amide bonds. The van der Waals surface area contributed by atoms with Crippen molar-refractivity contribution in [2.45, 2.75) is 37.1 Å². The second-order valence-electron chi connectivity index (χ2n) is 9.50. The molecule has 3 saturated heterocycles. The number of rotatable bonds is 2. The summed E-state index contributed by atoms with van der Waals surface area (Å²) < 4.78 is 6.20. The Hall–Kier alpha value is -2.94. The Labute approximate surface area is 186 Å². The number of carbonyl (C=O) groups is 3. The number of aromatic nitrogens is 1. The van der Waals surface area contributed by atoms with Crippen LogP contribution in [0.4, 0.5) is 5.82 Å². The number of ether oxygens (including phenoxy) is 1. The maximum absolute atomic E-state index is 13.6. The monoisotopic (exact) mass is 437 g/mol. The van der Waals surface area contributed by atoms with Gasteiger partial charge in [0.1, 0.15) is 17.1 Å². The van der Waals surface area contributed by atoms with Crippen molar-refractivity contribution in [3.8, 4) is 0 Å². The molecular weight excluding hydrogens is 410 g/mol. The molecule has 1 N–H and O–H groups in total. The lowest BCUT2D eigenvalue weighted by molar-refractivity contribution is -0.144. The van der Waals surface area contributed by atoms with Crippen LogP contribution in [0.15, 0.2) is 30.5 Å². The van der Waals surface area contributed by atoms with Gasteiger partial charge in [-0.25, -0.2) is 4.98 Å². The quantitative estimate of drug-likeness (QED) is 0.673. The third-order valence-electron chi connectivity index (χ3n) is 8.09. The van der Waals surface area contributed by atoms with Gasteiger partial charge in [0.25, 0.3) is 5.91 Å². The molecule has 6 heterocycles. The summed E-state index contributed by atoms with van der Waals surface area (Å²) >= 11 is 0. The van der Waals surface area contributed by atoms with E-state index in [0.29, 0.717) is 50.4 Å². The molecule has 0 unspecified atom stereocenters. The number of likely N-dealkylation sites (N-methyl/N-ethyl adjacent to an activating group) is 1. The molecule has 5 aliphatic rings. The Morgan fingerprint density at radius 2 is 2.09 bits per heavy atom. The van der Waals surface area contributed by atoms with Crippen molar-refractivity contribution in [2.75, 3.05) is 38.1 Å². The average Bonchev–Trinajstić information content (AvgIpc) is 3.45. The summed E-state index contributed by atoms with van der Waals surface area (Å²) in [7, 11) is 1.94. The van der Waals surface area contributed by atoms with Gasteiger partial charge in [-0.3, -0.25) is 14.4 Å². The van der Waals surface area contributed by atoms with Gasteiger partial charge in [-0.05, 0) is 19.1 Å². The third kappa shape index (κ3) is 2.42. The summed E-state index contributed by atoms with van der Waals surface area (Å²) in [6, 6.07) is 3.53. The zero-order valence-electron chi connectivity index (χ0n) is 18.3. The van der Waals surface area contributed by atoms with E-state index in [1.807, 2.05) is 35.9 Å². The van der Waals surface area contributed by atoms with E-state index in [-0.39, 0.29) is 23.8 Å². The number of hydrogen-bond donors (Lipinski definition) is 1. The molecule has 3 fully saturated rings. The first-order chi connectivity index (χ1) is 15.4. The molecular formula is C23H27N5O4. The molecule has 2 spiro atoms. The van der Waals surface area contributed by atoms with Crippen LogP contribution in [0, 0.1) is 11.8 Å². The summed E-state index contributed by atoms with van der Waals surface area (Å²) in [6.07, 6.45) is 6.48. The highest BCUT2D eigenvalue weighted by Crippen LogP contribution is 2.52. The van der Waals surface area contributed by atoms with Gasteiger partial charge in [0.2, 0.25) is 11.8 Å². The topological polar surface area (TPSA) is 95.1 Å². The Bertz CT molecular complexity index is 1050. The highest BCUT2D eigenvalue weighted by molar-refractivity contribution is 6.01. The van der Waals surface area contributed by atoms with Crippen LogP contribution >= 0.6 is 0 Å². The van der Waals surface area contributed by atoms with Gasteiger partial charge in [-0.1, -0.05) is 12.2 Å². The fourth-order valence-corrected chi connectivity index (χ4v) is 6.30. The SMILES string of the molecule is CCN1C[C@@]23C=C[C@H](O2)[C@H](C(=O)N2CCC4(CC2)NC(=O)c2cccnc2N4C)[C@@H]3C1=O. The summed E-state index contributed by atoms with van der Waals surface area (Å²) in [4.78, 5) is 49.4. The molecule has 1 aromatic heterocycles. The summed E-state index contributed by atoms with van der Waals surface area (Å²) in [5.74, 6) is -0.367. The van der Waals surface area contributed by atoms with Crippen molar-refractivity contribution in [1.29, 1.82) is 0 Å². The van der Waals surface area contributed by atoms with Crippen LogP contribution in [-0.2, 0) is 14.3 Å². The Balaban J connectivity index is 1.21. The second-order valence-corrected chi connectivity index (χ2v) is 9.50. The summed E-state index contributed by atoms with van der Waals surface area (Å²) in [6.45, 7) is 4.10. The maximum atomic E-state index is 13.6. The van der Waals surface area contributed by atoms with E-state index < -0.39 is 23.1 Å². The molecule has 9 nitrogen and oxygen atoms in total.